The molecule has 0 aromatic heterocycles. The summed E-state index contributed by atoms with van der Waals surface area (Å²) in [6.45, 7) is 0. The molecule has 0 saturated carbocycles. The highest BCUT2D eigenvalue weighted by Crippen LogP contribution is 2.23. The normalized spacial score (nSPS) is 26.3. The van der Waals surface area contributed by atoms with Crippen molar-refractivity contribution in [2.75, 3.05) is 0 Å². The van der Waals surface area contributed by atoms with Crippen molar-refractivity contribution in [2.45, 2.75) is 4.95 Å². The van der Waals surface area contributed by atoms with Crippen LogP contribution >= 0.6 is 48.0 Å². The predicted molar refractivity (Wildman–Crippen MR) is 49.6 cm³/mol. The number of hydrogen-bond donors (Lipinski definition) is 0. The minimum absolute atomic E-state index is 0.247. The Hall–Kier alpha value is 0.720. The molecule has 0 aromatic rings. The zero-order valence-corrected chi connectivity index (χ0v) is 9.15. The maximum atomic E-state index is 3.42. The van der Waals surface area contributed by atoms with Crippen molar-refractivity contribution in [2.24, 2.45) is 0 Å². The van der Waals surface area contributed by atoms with Gasteiger partial charge in [0.15, 0.2) is 0 Å². The summed E-state index contributed by atoms with van der Waals surface area (Å²) in [6, 6.07) is 0. The van der Waals surface area contributed by atoms with Crippen molar-refractivity contribution in [3.63, 3.8) is 0 Å². The first-order chi connectivity index (χ1) is 4.20. The van der Waals surface area contributed by atoms with E-state index in [-0.39, 0.29) is 4.95 Å². The van der Waals surface area contributed by atoms with Gasteiger partial charge in [0.25, 0.3) is 0 Å². The fourth-order valence-electron chi connectivity index (χ4n) is 0.483. The summed E-state index contributed by atoms with van der Waals surface area (Å²) in [6.07, 6.45) is 5.94. The second-order valence-electron chi connectivity index (χ2n) is 1.58. The molecular weight excluding hydrogens is 314 g/mol. The van der Waals surface area contributed by atoms with Gasteiger partial charge in [0.05, 0.1) is 16.1 Å². The summed E-state index contributed by atoms with van der Waals surface area (Å²) < 4.78 is 2.98. The first-order valence-corrected chi connectivity index (χ1v) is 4.75. The van der Waals surface area contributed by atoms with E-state index in [2.05, 4.69) is 48.0 Å². The smallest absolute Gasteiger partial charge is 0.114 e. The van der Waals surface area contributed by atoms with Crippen LogP contribution in [0, 0.1) is 0 Å². The van der Waals surface area contributed by atoms with Crippen molar-refractivity contribution in [1.29, 1.82) is 0 Å². The third-order valence-corrected chi connectivity index (χ3v) is 3.37. The molecular formula is C5H4Br3N. The number of rotatable bonds is 0. The van der Waals surface area contributed by atoms with Gasteiger partial charge in [-0.15, -0.1) is 0 Å². The third kappa shape index (κ3) is 2.09. The van der Waals surface area contributed by atoms with Crippen LogP contribution in [0.4, 0.5) is 0 Å². The van der Waals surface area contributed by atoms with Crippen molar-refractivity contribution >= 4 is 48.0 Å². The van der Waals surface area contributed by atoms with Gasteiger partial charge < -0.3 is 0 Å². The Balaban J connectivity index is 2.70. The van der Waals surface area contributed by atoms with E-state index in [4.69, 9.17) is 0 Å². The van der Waals surface area contributed by atoms with Gasteiger partial charge in [-0.25, -0.2) is 0 Å². The number of alkyl halides is 1. The Kier molecular flexibility index (Phi) is 2.79. The molecule has 0 saturated heterocycles. The fourth-order valence-corrected chi connectivity index (χ4v) is 1.86. The van der Waals surface area contributed by atoms with Gasteiger partial charge in [-0.2, -0.15) is 0 Å². The SMILES string of the molecule is BrC1=CC(Br)N(Br)C=C1. The van der Waals surface area contributed by atoms with Crippen LogP contribution in [0.15, 0.2) is 22.8 Å². The van der Waals surface area contributed by atoms with E-state index in [0.717, 1.165) is 4.48 Å². The molecule has 0 spiro atoms. The molecule has 1 rings (SSSR count). The fraction of sp³-hybridized carbons (Fsp3) is 0.200. The van der Waals surface area contributed by atoms with Crippen LogP contribution in [0.25, 0.3) is 0 Å². The lowest BCUT2D eigenvalue weighted by Crippen LogP contribution is -2.14. The predicted octanol–water partition coefficient (Wildman–Crippen LogP) is 3.13. The summed E-state index contributed by atoms with van der Waals surface area (Å²) >= 11 is 10.1. The average molecular weight is 318 g/mol. The molecule has 1 atom stereocenters. The lowest BCUT2D eigenvalue weighted by Gasteiger charge is -2.18. The molecule has 1 aliphatic heterocycles. The van der Waals surface area contributed by atoms with Gasteiger partial charge in [-0.1, -0.05) is 31.9 Å². The molecule has 1 nitrogen and oxygen atoms in total. The van der Waals surface area contributed by atoms with Gasteiger partial charge in [0.2, 0.25) is 0 Å². The van der Waals surface area contributed by atoms with Crippen LogP contribution in [0.3, 0.4) is 0 Å². The lowest BCUT2D eigenvalue weighted by molar-refractivity contribution is 0.679. The van der Waals surface area contributed by atoms with Crippen molar-refractivity contribution in [1.82, 2.24) is 3.93 Å². The second kappa shape index (κ2) is 3.21. The van der Waals surface area contributed by atoms with E-state index in [1.165, 1.54) is 0 Å². The van der Waals surface area contributed by atoms with Crippen LogP contribution < -0.4 is 0 Å². The van der Waals surface area contributed by atoms with E-state index in [1.54, 1.807) is 0 Å². The maximum Gasteiger partial charge on any atom is 0.114 e. The average Bonchev–Trinajstić information content (AvgIpc) is 1.80. The van der Waals surface area contributed by atoms with Crippen molar-refractivity contribution in [3.05, 3.63) is 22.8 Å². The first kappa shape index (κ1) is 7.82. The zero-order chi connectivity index (χ0) is 6.85. The van der Waals surface area contributed by atoms with E-state index in [9.17, 15) is 0 Å². The number of nitrogens with zero attached hydrogens (tertiary/aromatic N) is 1. The molecule has 1 heterocycles. The molecule has 0 bridgehead atoms. The van der Waals surface area contributed by atoms with E-state index in [1.807, 2.05) is 22.3 Å². The Bertz CT molecular complexity index is 164. The standard InChI is InChI=1S/C5H4Br3N/c6-4-1-2-9(8)5(7)3-4/h1-3,5H. The molecule has 1 aliphatic rings. The quantitative estimate of drug-likeness (QED) is 0.377. The molecule has 1 unspecified atom stereocenters. The Morgan fingerprint density at radius 3 is 2.67 bits per heavy atom. The summed E-state index contributed by atoms with van der Waals surface area (Å²) in [5, 5.41) is 0. The molecule has 9 heavy (non-hydrogen) atoms. The largest absolute Gasteiger partial charge is 0.298 e. The molecule has 0 amide bonds. The molecule has 0 fully saturated rings. The van der Waals surface area contributed by atoms with Gasteiger partial charge in [0, 0.05) is 10.7 Å². The van der Waals surface area contributed by atoms with E-state index >= 15 is 0 Å². The molecule has 4 heteroatoms. The Morgan fingerprint density at radius 1 is 1.56 bits per heavy atom. The van der Waals surface area contributed by atoms with Crippen molar-refractivity contribution in [3.8, 4) is 0 Å². The van der Waals surface area contributed by atoms with Gasteiger partial charge >= 0.3 is 0 Å². The van der Waals surface area contributed by atoms with Gasteiger partial charge in [0.1, 0.15) is 4.95 Å². The molecule has 0 aromatic carbocycles. The molecule has 0 aliphatic carbocycles. The summed E-state index contributed by atoms with van der Waals surface area (Å²) in [5.74, 6) is 0. The topological polar surface area (TPSA) is 3.24 Å². The minimum atomic E-state index is 0.247. The lowest BCUT2D eigenvalue weighted by atomic mass is 10.4. The Labute approximate surface area is 79.4 Å². The van der Waals surface area contributed by atoms with Crippen LogP contribution in [0.2, 0.25) is 0 Å². The first-order valence-electron chi connectivity index (χ1n) is 2.34. The molecule has 0 N–H and O–H groups in total. The van der Waals surface area contributed by atoms with Crippen molar-refractivity contribution < 1.29 is 0 Å². The highest BCUT2D eigenvalue weighted by molar-refractivity contribution is 9.12. The minimum Gasteiger partial charge on any atom is -0.298 e. The van der Waals surface area contributed by atoms with Crippen LogP contribution in [-0.4, -0.2) is 8.88 Å². The Morgan fingerprint density at radius 2 is 2.22 bits per heavy atom. The monoisotopic (exact) mass is 315 g/mol. The second-order valence-corrected chi connectivity index (χ2v) is 4.26. The highest BCUT2D eigenvalue weighted by Gasteiger charge is 2.08. The number of halogens is 3. The zero-order valence-electron chi connectivity index (χ0n) is 4.39. The van der Waals surface area contributed by atoms with Crippen LogP contribution in [0.5, 0.6) is 0 Å². The van der Waals surface area contributed by atoms with Gasteiger partial charge in [-0.05, 0) is 12.2 Å². The summed E-state index contributed by atoms with van der Waals surface area (Å²) in [4.78, 5) is 0.247. The third-order valence-electron chi connectivity index (χ3n) is 0.909. The van der Waals surface area contributed by atoms with E-state index in [0.29, 0.717) is 0 Å². The molecule has 0 radical (unpaired) electrons. The number of allylic oxidation sites excluding steroid dienone is 2. The van der Waals surface area contributed by atoms with E-state index < -0.39 is 0 Å². The maximum absolute atomic E-state index is 3.42. The number of hydrogen-bond acceptors (Lipinski definition) is 1. The van der Waals surface area contributed by atoms with Crippen LogP contribution in [0.1, 0.15) is 0 Å². The van der Waals surface area contributed by atoms with Gasteiger partial charge in [-0.3, -0.25) is 3.93 Å². The summed E-state index contributed by atoms with van der Waals surface area (Å²) in [7, 11) is 0. The summed E-state index contributed by atoms with van der Waals surface area (Å²) in [5.41, 5.74) is 0. The molecule has 50 valence electrons. The highest BCUT2D eigenvalue weighted by atomic mass is 79.9. The van der Waals surface area contributed by atoms with Crippen LogP contribution in [-0.2, 0) is 0 Å².